The molecule has 1 aromatic carbocycles. The maximum atomic E-state index is 12.9. The van der Waals surface area contributed by atoms with Crippen molar-refractivity contribution in [2.75, 3.05) is 55.6 Å². The van der Waals surface area contributed by atoms with E-state index in [1.54, 1.807) is 53.9 Å². The van der Waals surface area contributed by atoms with Crippen LogP contribution in [0, 0.1) is 6.92 Å². The Labute approximate surface area is 193 Å². The number of carbonyl (C=O) groups excluding carboxylic acids is 1. The Bertz CT molecular complexity index is 1180. The van der Waals surface area contributed by atoms with E-state index in [0.29, 0.717) is 33.6 Å². The van der Waals surface area contributed by atoms with Crippen molar-refractivity contribution in [3.8, 4) is 5.69 Å². The van der Waals surface area contributed by atoms with E-state index in [1.165, 1.54) is 10.7 Å². The van der Waals surface area contributed by atoms with Gasteiger partial charge in [0.15, 0.2) is 0 Å². The van der Waals surface area contributed by atoms with E-state index in [-0.39, 0.29) is 24.7 Å². The van der Waals surface area contributed by atoms with Crippen LogP contribution in [0.5, 0.6) is 0 Å². The van der Waals surface area contributed by atoms with E-state index in [4.69, 9.17) is 11.0 Å². The second-order valence-electron chi connectivity index (χ2n) is 7.53. The molecule has 1 aromatic heterocycles. The van der Waals surface area contributed by atoms with Crippen LogP contribution in [-0.4, -0.2) is 88.3 Å². The maximum absolute atomic E-state index is 12.9. The average molecular weight is 435 g/mol. The number of amides is 1. The highest BCUT2D eigenvalue weighted by Crippen LogP contribution is 2.25. The highest BCUT2D eigenvalue weighted by Gasteiger charge is 2.36. The Morgan fingerprint density at radius 2 is 2.03 bits per heavy atom. The number of benzene rings is 1. The van der Waals surface area contributed by atoms with Crippen LogP contribution in [0.15, 0.2) is 36.4 Å². The fraction of sp³-hybridized carbons (Fsp3) is 0.545. The molecule has 5 rings (SSSR count). The zero-order valence-corrected chi connectivity index (χ0v) is 17.5. The van der Waals surface area contributed by atoms with Crippen molar-refractivity contribution in [2.45, 2.75) is 25.4 Å². The lowest BCUT2D eigenvalue weighted by Crippen LogP contribution is -2.51. The summed E-state index contributed by atoms with van der Waals surface area (Å²) in [4.78, 5) is 15.8. The number of aromatic nitrogens is 2. The molecule has 160 valence electrons. The average Bonchev–Trinajstić information content (AvgIpc) is 3.60. The molecule has 30 heavy (non-hydrogen) atoms. The zero-order valence-electron chi connectivity index (χ0n) is 24.7. The van der Waals surface area contributed by atoms with Gasteiger partial charge >= 0.3 is 0 Å². The molecule has 2 aromatic rings. The van der Waals surface area contributed by atoms with Crippen molar-refractivity contribution in [2.24, 2.45) is 0 Å². The molecule has 3 aliphatic rings. The number of nitrogens with one attached hydrogen (secondary N) is 1. The molecule has 3 fully saturated rings. The minimum atomic E-state index is -3.03. The monoisotopic (exact) mass is 434 g/mol. The first kappa shape index (κ1) is 12.7. The van der Waals surface area contributed by atoms with Crippen LogP contribution in [0.1, 0.15) is 23.1 Å². The summed E-state index contributed by atoms with van der Waals surface area (Å²) in [5.41, 5.74) is 0.924. The summed E-state index contributed by atoms with van der Waals surface area (Å²) in [6.07, 6.45) is 0.0340. The summed E-state index contributed by atoms with van der Waals surface area (Å²) in [7, 11) is 0. The highest BCUT2D eigenvalue weighted by atomic mass is 32.2. The number of carbonyl (C=O) groups is 1. The van der Waals surface area contributed by atoms with E-state index in [1.807, 2.05) is 0 Å². The standard InChI is InChI=1S/C22H30N6OS/c1-17-13-21(28(24-17)18-5-3-2-4-6-18)26-9-7-25(8-10-26)19-14-20(23-15-19)22(29)27-11-12-30-16-27/h2-6,13,19-20,23H,7-12,14-16H2,1H3/i7D2,8D2,9D2,10D2. The van der Waals surface area contributed by atoms with Gasteiger partial charge in [0, 0.05) is 62.4 Å². The van der Waals surface area contributed by atoms with Crippen LogP contribution < -0.4 is 10.2 Å². The number of piperazine rings is 1. The van der Waals surface area contributed by atoms with Gasteiger partial charge < -0.3 is 15.1 Å². The van der Waals surface area contributed by atoms with Crippen molar-refractivity contribution in [3.05, 3.63) is 42.1 Å². The number of thioether (sulfide) groups is 1. The second-order valence-corrected chi connectivity index (χ2v) is 8.61. The first-order chi connectivity index (χ1) is 17.7. The van der Waals surface area contributed by atoms with Gasteiger partial charge in [0.1, 0.15) is 5.82 Å². The van der Waals surface area contributed by atoms with Gasteiger partial charge in [-0.15, -0.1) is 11.8 Å². The van der Waals surface area contributed by atoms with Crippen molar-refractivity contribution in [1.82, 2.24) is 24.9 Å². The van der Waals surface area contributed by atoms with Crippen LogP contribution in [0.4, 0.5) is 5.82 Å². The van der Waals surface area contributed by atoms with Crippen LogP contribution in [-0.2, 0) is 4.79 Å². The fourth-order valence-corrected chi connectivity index (χ4v) is 4.83. The van der Waals surface area contributed by atoms with Crippen molar-refractivity contribution >= 4 is 23.5 Å². The maximum Gasteiger partial charge on any atom is 0.240 e. The number of hydrogen-bond acceptors (Lipinski definition) is 6. The van der Waals surface area contributed by atoms with E-state index < -0.39 is 38.1 Å². The molecule has 0 saturated carbocycles. The van der Waals surface area contributed by atoms with Gasteiger partial charge in [-0.3, -0.25) is 9.69 Å². The number of hydrogen-bond donors (Lipinski definition) is 1. The Morgan fingerprint density at radius 1 is 1.23 bits per heavy atom. The first-order valence-corrected chi connectivity index (χ1v) is 11.2. The third kappa shape index (κ3) is 3.96. The molecule has 2 unspecified atom stereocenters. The Morgan fingerprint density at radius 3 is 2.77 bits per heavy atom. The predicted molar refractivity (Wildman–Crippen MR) is 121 cm³/mol. The van der Waals surface area contributed by atoms with Crippen LogP contribution in [0.25, 0.3) is 5.69 Å². The molecule has 0 aliphatic carbocycles. The van der Waals surface area contributed by atoms with Crippen LogP contribution in [0.3, 0.4) is 0 Å². The summed E-state index contributed by atoms with van der Waals surface area (Å²) in [5, 5.41) is 7.42. The lowest BCUT2D eigenvalue weighted by Gasteiger charge is -2.38. The Balaban J connectivity index is 1.54. The second kappa shape index (κ2) is 8.61. The van der Waals surface area contributed by atoms with Gasteiger partial charge in [0.05, 0.1) is 28.8 Å². The molecule has 0 bridgehead atoms. The van der Waals surface area contributed by atoms with Crippen LogP contribution >= 0.6 is 11.8 Å². The summed E-state index contributed by atoms with van der Waals surface area (Å²) in [6.45, 7) is -9.78. The molecule has 0 spiro atoms. The number of anilines is 1. The van der Waals surface area contributed by atoms with Crippen molar-refractivity contribution < 1.29 is 15.8 Å². The quantitative estimate of drug-likeness (QED) is 0.788. The van der Waals surface area contributed by atoms with E-state index >= 15 is 0 Å². The Kier molecular flexibility index (Phi) is 3.65. The van der Waals surface area contributed by atoms with Crippen molar-refractivity contribution in [1.29, 1.82) is 0 Å². The summed E-state index contributed by atoms with van der Waals surface area (Å²) in [6, 6.07) is 8.43. The SMILES string of the molecule is [2H]C1([2H])N(c2cc(C)nn2-c2ccccc2)C([2H])([2H])C([2H])([2H])N(C2CNC(C(=O)N3CCSC3)C2)C1([2H])[2H]. The zero-order chi connectivity index (χ0) is 27.7. The van der Waals surface area contributed by atoms with Gasteiger partial charge in [0.2, 0.25) is 5.91 Å². The van der Waals surface area contributed by atoms with Gasteiger partial charge in [-0.1, -0.05) is 18.2 Å². The molecule has 7 nitrogen and oxygen atoms in total. The number of rotatable bonds is 4. The highest BCUT2D eigenvalue weighted by molar-refractivity contribution is 7.99. The Hall–Kier alpha value is -2.03. The molecule has 1 amide bonds. The topological polar surface area (TPSA) is 56.6 Å². The van der Waals surface area contributed by atoms with E-state index in [2.05, 4.69) is 10.4 Å². The van der Waals surface area contributed by atoms with Crippen LogP contribution in [0.2, 0.25) is 0 Å². The smallest absolute Gasteiger partial charge is 0.240 e. The third-order valence-corrected chi connectivity index (χ3v) is 6.41. The third-order valence-electron chi connectivity index (χ3n) is 5.44. The number of aryl methyl sites for hydroxylation is 1. The molecule has 4 heterocycles. The minimum Gasteiger partial charge on any atom is -0.354 e. The van der Waals surface area contributed by atoms with Gasteiger partial charge in [-0.25, -0.2) is 4.68 Å². The van der Waals surface area contributed by atoms with Gasteiger partial charge in [-0.2, -0.15) is 5.10 Å². The lowest BCUT2D eigenvalue weighted by molar-refractivity contribution is -0.131. The number of para-hydroxylation sites is 1. The molecule has 3 aliphatic heterocycles. The van der Waals surface area contributed by atoms with E-state index in [0.717, 1.165) is 5.75 Å². The molecule has 3 saturated heterocycles. The summed E-state index contributed by atoms with van der Waals surface area (Å²) in [5.74, 6) is 1.11. The normalized spacial score (nSPS) is 35.9. The number of nitrogens with zero attached hydrogens (tertiary/aromatic N) is 5. The minimum absolute atomic E-state index is 0.0175. The van der Waals surface area contributed by atoms with Gasteiger partial charge in [-0.05, 0) is 25.5 Å². The largest absolute Gasteiger partial charge is 0.354 e. The molecule has 8 heteroatoms. The predicted octanol–water partition coefficient (Wildman–Crippen LogP) is 1.57. The molecular formula is C22H30N6OS. The van der Waals surface area contributed by atoms with E-state index in [9.17, 15) is 4.79 Å². The molecular weight excluding hydrogens is 396 g/mol. The summed E-state index contributed by atoms with van der Waals surface area (Å²) < 4.78 is 72.6. The molecule has 1 N–H and O–H groups in total. The molecule has 2 atom stereocenters. The fourth-order valence-electron chi connectivity index (χ4n) is 3.88. The molecule has 0 radical (unpaired) electrons. The lowest BCUT2D eigenvalue weighted by atomic mass is 10.1. The van der Waals surface area contributed by atoms with Crippen molar-refractivity contribution in [3.63, 3.8) is 0 Å². The summed E-state index contributed by atoms with van der Waals surface area (Å²) >= 11 is 1.63. The first-order valence-electron chi connectivity index (χ1n) is 14.0. The van der Waals surface area contributed by atoms with Gasteiger partial charge in [0.25, 0.3) is 0 Å².